The van der Waals surface area contributed by atoms with E-state index in [2.05, 4.69) is 13.8 Å². The first-order valence-corrected chi connectivity index (χ1v) is 8.62. The molecule has 0 aromatic carbocycles. The van der Waals surface area contributed by atoms with Gasteiger partial charge >= 0.3 is 8.56 Å². The maximum absolute atomic E-state index is 9.36. The van der Waals surface area contributed by atoms with Crippen molar-refractivity contribution in [3.05, 3.63) is 0 Å². The zero-order chi connectivity index (χ0) is 12.4. The molecular weight excluding hydrogens is 220 g/mol. The number of hydrogen-bond donors (Lipinski definition) is 1. The van der Waals surface area contributed by atoms with Crippen LogP contribution in [-0.4, -0.2) is 34.1 Å². The molecule has 0 fully saturated rings. The summed E-state index contributed by atoms with van der Waals surface area (Å²) in [4.78, 5) is 0. The normalized spacial score (nSPS) is 12.4. The first-order valence-electron chi connectivity index (χ1n) is 6.39. The third-order valence-corrected chi connectivity index (χ3v) is 6.33. The molecule has 0 saturated heterocycles. The van der Waals surface area contributed by atoms with Crippen LogP contribution in [0.5, 0.6) is 0 Å². The van der Waals surface area contributed by atoms with Crippen molar-refractivity contribution < 1.29 is 14.0 Å². The first kappa shape index (κ1) is 16.1. The Bertz CT molecular complexity index is 146. The second-order valence-electron chi connectivity index (χ2n) is 4.46. The molecule has 0 unspecified atom stereocenters. The maximum Gasteiger partial charge on any atom is 0.363 e. The Hall–Kier alpha value is 0.0969. The van der Waals surface area contributed by atoms with Crippen LogP contribution in [0.25, 0.3) is 0 Å². The van der Waals surface area contributed by atoms with Gasteiger partial charge in [-0.3, -0.25) is 0 Å². The van der Waals surface area contributed by atoms with E-state index in [4.69, 9.17) is 8.85 Å². The molecule has 98 valence electrons. The van der Waals surface area contributed by atoms with E-state index in [1.807, 2.05) is 0 Å². The molecule has 0 atom stereocenters. The average molecular weight is 248 g/mol. The summed E-state index contributed by atoms with van der Waals surface area (Å²) in [6.07, 6.45) is 6.20. The van der Waals surface area contributed by atoms with Crippen molar-refractivity contribution in [2.75, 3.05) is 20.4 Å². The van der Waals surface area contributed by atoms with E-state index < -0.39 is 8.56 Å². The number of aliphatic hydroxyl groups excluding tert-OH is 1. The summed E-state index contributed by atoms with van der Waals surface area (Å²) in [6.45, 7) is 4.46. The smallest absolute Gasteiger partial charge is 0.363 e. The van der Waals surface area contributed by atoms with Crippen molar-refractivity contribution in [1.29, 1.82) is 0 Å². The molecule has 0 aromatic rings. The highest BCUT2D eigenvalue weighted by molar-refractivity contribution is 6.67. The molecule has 0 rings (SSSR count). The van der Waals surface area contributed by atoms with Gasteiger partial charge in [0.15, 0.2) is 0 Å². The van der Waals surface area contributed by atoms with E-state index in [0.717, 1.165) is 18.4 Å². The minimum absolute atomic E-state index is 0.0605. The molecular formula is C12H28O3Si. The van der Waals surface area contributed by atoms with Crippen molar-refractivity contribution in [3.8, 4) is 0 Å². The van der Waals surface area contributed by atoms with E-state index in [9.17, 15) is 5.11 Å². The van der Waals surface area contributed by atoms with Crippen molar-refractivity contribution in [2.24, 2.45) is 5.92 Å². The fourth-order valence-corrected chi connectivity index (χ4v) is 4.01. The van der Waals surface area contributed by atoms with Crippen LogP contribution >= 0.6 is 0 Å². The van der Waals surface area contributed by atoms with Crippen LogP contribution in [-0.2, 0) is 8.85 Å². The molecule has 0 bridgehead atoms. The Balaban J connectivity index is 4.13. The fraction of sp³-hybridized carbons (Fsp3) is 1.00. The van der Waals surface area contributed by atoms with Gasteiger partial charge in [-0.25, -0.2) is 0 Å². The average Bonchev–Trinajstić information content (AvgIpc) is 2.32. The van der Waals surface area contributed by atoms with E-state index in [1.165, 1.54) is 25.7 Å². The summed E-state index contributed by atoms with van der Waals surface area (Å²) in [5, 5.41) is 9.36. The molecule has 0 aromatic heterocycles. The van der Waals surface area contributed by atoms with Gasteiger partial charge in [0.1, 0.15) is 0 Å². The van der Waals surface area contributed by atoms with E-state index >= 15 is 0 Å². The van der Waals surface area contributed by atoms with Crippen molar-refractivity contribution >= 4 is 8.56 Å². The number of aliphatic hydroxyl groups is 1. The van der Waals surface area contributed by atoms with Crippen LogP contribution in [0, 0.1) is 5.92 Å². The lowest BCUT2D eigenvalue weighted by Gasteiger charge is -2.27. The lowest BCUT2D eigenvalue weighted by atomic mass is 9.96. The third-order valence-electron chi connectivity index (χ3n) is 3.31. The van der Waals surface area contributed by atoms with E-state index in [1.54, 1.807) is 14.2 Å². The highest BCUT2D eigenvalue weighted by Crippen LogP contribution is 2.24. The number of rotatable bonds is 10. The second kappa shape index (κ2) is 9.16. The molecule has 3 nitrogen and oxygen atoms in total. The Morgan fingerprint density at radius 2 is 1.50 bits per heavy atom. The molecule has 0 saturated carbocycles. The SMILES string of the molecule is CCCC(CCC)CC[Si](CO)(OC)OC. The zero-order valence-corrected chi connectivity index (χ0v) is 12.3. The lowest BCUT2D eigenvalue weighted by Crippen LogP contribution is -2.44. The summed E-state index contributed by atoms with van der Waals surface area (Å²) in [5.74, 6) is 0.763. The Labute approximate surface area is 101 Å². The summed E-state index contributed by atoms with van der Waals surface area (Å²) in [7, 11) is 1.02. The molecule has 1 N–H and O–H groups in total. The molecule has 0 heterocycles. The van der Waals surface area contributed by atoms with Crippen LogP contribution in [0.4, 0.5) is 0 Å². The van der Waals surface area contributed by atoms with Crippen molar-refractivity contribution in [1.82, 2.24) is 0 Å². The number of hydrogen-bond acceptors (Lipinski definition) is 3. The Morgan fingerprint density at radius 3 is 1.81 bits per heavy atom. The minimum atomic E-state index is -2.28. The van der Waals surface area contributed by atoms with Crippen molar-refractivity contribution in [3.63, 3.8) is 0 Å². The Kier molecular flexibility index (Phi) is 9.22. The van der Waals surface area contributed by atoms with Crippen LogP contribution in [0.15, 0.2) is 0 Å². The van der Waals surface area contributed by atoms with Gasteiger partial charge in [0.05, 0.1) is 6.23 Å². The van der Waals surface area contributed by atoms with Crippen LogP contribution in [0.1, 0.15) is 46.0 Å². The predicted molar refractivity (Wildman–Crippen MR) is 69.6 cm³/mol. The lowest BCUT2D eigenvalue weighted by molar-refractivity contribution is 0.193. The fourth-order valence-electron chi connectivity index (χ4n) is 2.17. The monoisotopic (exact) mass is 248 g/mol. The third kappa shape index (κ3) is 5.43. The van der Waals surface area contributed by atoms with E-state index in [0.29, 0.717) is 0 Å². The quantitative estimate of drug-likeness (QED) is 0.604. The summed E-state index contributed by atoms with van der Waals surface area (Å²) < 4.78 is 10.8. The van der Waals surface area contributed by atoms with Gasteiger partial charge in [-0.05, 0) is 18.4 Å². The largest absolute Gasteiger partial charge is 0.396 e. The van der Waals surface area contributed by atoms with Crippen molar-refractivity contribution in [2.45, 2.75) is 52.0 Å². The molecule has 0 aliphatic rings. The second-order valence-corrected chi connectivity index (χ2v) is 7.91. The summed E-state index contributed by atoms with van der Waals surface area (Å²) >= 11 is 0. The summed E-state index contributed by atoms with van der Waals surface area (Å²) in [6, 6.07) is 0.904. The highest BCUT2D eigenvalue weighted by Gasteiger charge is 2.35. The molecule has 0 amide bonds. The van der Waals surface area contributed by atoms with Gasteiger partial charge in [-0.15, -0.1) is 0 Å². The first-order chi connectivity index (χ1) is 7.67. The predicted octanol–water partition coefficient (Wildman–Crippen LogP) is 2.86. The molecule has 0 spiro atoms. The molecule has 16 heavy (non-hydrogen) atoms. The topological polar surface area (TPSA) is 38.7 Å². The highest BCUT2D eigenvalue weighted by atomic mass is 28.4. The summed E-state index contributed by atoms with van der Waals surface area (Å²) in [5.41, 5.74) is 0. The molecule has 0 radical (unpaired) electrons. The molecule has 4 heteroatoms. The van der Waals surface area contributed by atoms with Crippen LogP contribution in [0.3, 0.4) is 0 Å². The van der Waals surface area contributed by atoms with Gasteiger partial charge in [0, 0.05) is 14.2 Å². The minimum Gasteiger partial charge on any atom is -0.396 e. The van der Waals surface area contributed by atoms with Gasteiger partial charge in [0.25, 0.3) is 0 Å². The maximum atomic E-state index is 9.36. The Morgan fingerprint density at radius 1 is 1.00 bits per heavy atom. The molecule has 0 aliphatic heterocycles. The van der Waals surface area contributed by atoms with Gasteiger partial charge < -0.3 is 14.0 Å². The van der Waals surface area contributed by atoms with Gasteiger partial charge in [0.2, 0.25) is 0 Å². The van der Waals surface area contributed by atoms with Crippen LogP contribution in [0.2, 0.25) is 6.04 Å². The zero-order valence-electron chi connectivity index (χ0n) is 11.3. The van der Waals surface area contributed by atoms with Crippen LogP contribution < -0.4 is 0 Å². The molecule has 0 aliphatic carbocycles. The van der Waals surface area contributed by atoms with Gasteiger partial charge in [-0.1, -0.05) is 39.5 Å². The standard InChI is InChI=1S/C12H28O3Si/c1-5-7-12(8-6-2)9-10-16(11-13,14-3)15-4/h12-13H,5-11H2,1-4H3. The van der Waals surface area contributed by atoms with Gasteiger partial charge in [-0.2, -0.15) is 0 Å². The van der Waals surface area contributed by atoms with E-state index in [-0.39, 0.29) is 6.23 Å².